The molecule has 2 nitrogen and oxygen atoms in total. The van der Waals surface area contributed by atoms with Gasteiger partial charge >= 0.3 is 0 Å². The van der Waals surface area contributed by atoms with Crippen molar-refractivity contribution in [1.29, 1.82) is 0 Å². The Morgan fingerprint density at radius 1 is 1.47 bits per heavy atom. The lowest BCUT2D eigenvalue weighted by Gasteiger charge is -2.06. The molecule has 0 radical (unpaired) electrons. The van der Waals surface area contributed by atoms with Crippen molar-refractivity contribution in [2.45, 2.75) is 19.3 Å². The summed E-state index contributed by atoms with van der Waals surface area (Å²) >= 11 is 5.86. The molecule has 0 amide bonds. The van der Waals surface area contributed by atoms with Crippen molar-refractivity contribution < 1.29 is 9.18 Å². The van der Waals surface area contributed by atoms with Crippen molar-refractivity contribution in [3.63, 3.8) is 0 Å². The fourth-order valence-electron chi connectivity index (χ4n) is 1.70. The third kappa shape index (κ3) is 3.79. The zero-order chi connectivity index (χ0) is 12.3. The van der Waals surface area contributed by atoms with E-state index in [1.54, 1.807) is 6.07 Å². The second-order valence-electron chi connectivity index (χ2n) is 4.49. The highest BCUT2D eigenvalue weighted by atomic mass is 35.5. The third-order valence-electron chi connectivity index (χ3n) is 2.89. The van der Waals surface area contributed by atoms with Gasteiger partial charge in [-0.25, -0.2) is 4.39 Å². The molecule has 0 unspecified atom stereocenters. The summed E-state index contributed by atoms with van der Waals surface area (Å²) in [5, 5.41) is 3.41. The molecular weight excluding hydrogens is 241 g/mol. The Hall–Kier alpha value is -0.930. The first-order valence-corrected chi connectivity index (χ1v) is 6.20. The Morgan fingerprint density at radius 3 is 2.88 bits per heavy atom. The number of halogens is 2. The number of rotatable bonds is 6. The summed E-state index contributed by atoms with van der Waals surface area (Å²) in [6.07, 6.45) is 2.56. The van der Waals surface area contributed by atoms with E-state index in [1.165, 1.54) is 25.0 Å². The van der Waals surface area contributed by atoms with Gasteiger partial charge in [0.05, 0.1) is 6.54 Å². The summed E-state index contributed by atoms with van der Waals surface area (Å²) in [5.74, 6) is 0.297. The molecule has 0 aliphatic heterocycles. The average Bonchev–Trinajstić information content (AvgIpc) is 3.08. The second kappa shape index (κ2) is 5.61. The molecule has 0 bridgehead atoms. The number of hydrogen-bond donors (Lipinski definition) is 1. The van der Waals surface area contributed by atoms with Gasteiger partial charge in [0.15, 0.2) is 5.78 Å². The van der Waals surface area contributed by atoms with Gasteiger partial charge in [0.1, 0.15) is 5.82 Å². The van der Waals surface area contributed by atoms with E-state index in [9.17, 15) is 9.18 Å². The summed E-state index contributed by atoms with van der Waals surface area (Å²) in [6, 6.07) is 4.47. The number of nitrogens with one attached hydrogen (secondary N) is 1. The minimum Gasteiger partial charge on any atom is -0.310 e. The van der Waals surface area contributed by atoms with Gasteiger partial charge in [-0.15, -0.1) is 0 Å². The average molecular weight is 256 g/mol. The predicted octanol–water partition coefficient (Wildman–Crippen LogP) is 2.59. The maximum absolute atomic E-state index is 13.4. The Morgan fingerprint density at radius 2 is 2.24 bits per heavy atom. The largest absolute Gasteiger partial charge is 0.310 e. The number of carbonyl (C=O) groups excluding carboxylic acids is 1. The van der Waals surface area contributed by atoms with Crippen LogP contribution in [-0.2, 0) is 11.2 Å². The first-order chi connectivity index (χ1) is 8.16. The van der Waals surface area contributed by atoms with Crippen molar-refractivity contribution in [3.8, 4) is 0 Å². The van der Waals surface area contributed by atoms with Gasteiger partial charge in [-0.2, -0.15) is 0 Å². The highest BCUT2D eigenvalue weighted by Gasteiger charge is 2.20. The topological polar surface area (TPSA) is 29.1 Å². The van der Waals surface area contributed by atoms with Crippen LogP contribution in [0, 0.1) is 11.7 Å². The minimum absolute atomic E-state index is 0.0300. The molecule has 1 aliphatic rings. The fraction of sp³-hybridized carbons (Fsp3) is 0.462. The Balaban J connectivity index is 1.84. The van der Waals surface area contributed by atoms with Gasteiger partial charge < -0.3 is 5.32 Å². The van der Waals surface area contributed by atoms with Gasteiger partial charge in [-0.05, 0) is 37.4 Å². The van der Waals surface area contributed by atoms with E-state index in [4.69, 9.17) is 11.6 Å². The Bertz CT molecular complexity index is 398. The van der Waals surface area contributed by atoms with Crippen molar-refractivity contribution in [2.24, 2.45) is 5.92 Å². The summed E-state index contributed by atoms with van der Waals surface area (Å²) in [7, 11) is 0. The molecule has 0 heterocycles. The normalized spacial score (nSPS) is 14.9. The third-order valence-corrected chi connectivity index (χ3v) is 3.24. The smallest absolute Gasteiger partial charge is 0.151 e. The molecule has 4 heteroatoms. The maximum atomic E-state index is 13.4. The predicted molar refractivity (Wildman–Crippen MR) is 65.7 cm³/mol. The molecule has 0 aromatic heterocycles. The molecule has 0 saturated heterocycles. The van der Waals surface area contributed by atoms with E-state index in [0.29, 0.717) is 17.1 Å². The van der Waals surface area contributed by atoms with Crippen LogP contribution in [0.3, 0.4) is 0 Å². The molecule has 1 saturated carbocycles. The van der Waals surface area contributed by atoms with Gasteiger partial charge in [-0.1, -0.05) is 17.7 Å². The first kappa shape index (κ1) is 12.5. The first-order valence-electron chi connectivity index (χ1n) is 5.82. The zero-order valence-corrected chi connectivity index (χ0v) is 10.3. The van der Waals surface area contributed by atoms with Crippen molar-refractivity contribution in [1.82, 2.24) is 5.32 Å². The van der Waals surface area contributed by atoms with Crippen LogP contribution in [0.4, 0.5) is 4.39 Å². The van der Waals surface area contributed by atoms with E-state index in [1.807, 2.05) is 0 Å². The van der Waals surface area contributed by atoms with Gasteiger partial charge in [0, 0.05) is 17.0 Å². The maximum Gasteiger partial charge on any atom is 0.151 e. The second-order valence-corrected chi connectivity index (χ2v) is 4.90. The van der Waals surface area contributed by atoms with E-state index in [-0.39, 0.29) is 12.2 Å². The molecule has 92 valence electrons. The molecule has 1 aliphatic carbocycles. The molecule has 1 aromatic rings. The SMILES string of the molecule is O=C(CNCC1CC1)Cc1c(F)cccc1Cl. The molecule has 2 rings (SSSR count). The lowest BCUT2D eigenvalue weighted by atomic mass is 10.1. The van der Waals surface area contributed by atoms with E-state index < -0.39 is 5.82 Å². The molecule has 1 fully saturated rings. The number of benzene rings is 1. The lowest BCUT2D eigenvalue weighted by molar-refractivity contribution is -0.117. The number of Topliss-reactive ketones (excluding diaryl/α,β-unsaturated/α-hetero) is 1. The fourth-order valence-corrected chi connectivity index (χ4v) is 1.93. The van der Waals surface area contributed by atoms with Crippen molar-refractivity contribution >= 4 is 17.4 Å². The Labute approximate surface area is 105 Å². The highest BCUT2D eigenvalue weighted by Crippen LogP contribution is 2.27. The van der Waals surface area contributed by atoms with E-state index >= 15 is 0 Å². The number of carbonyl (C=O) groups is 1. The highest BCUT2D eigenvalue weighted by molar-refractivity contribution is 6.31. The quantitative estimate of drug-likeness (QED) is 0.847. The summed E-state index contributed by atoms with van der Waals surface area (Å²) in [5.41, 5.74) is 0.299. The van der Waals surface area contributed by atoms with Crippen LogP contribution in [0.2, 0.25) is 5.02 Å². The summed E-state index contributed by atoms with van der Waals surface area (Å²) in [4.78, 5) is 11.6. The van der Waals surface area contributed by atoms with E-state index in [0.717, 1.165) is 12.5 Å². The molecule has 17 heavy (non-hydrogen) atoms. The zero-order valence-electron chi connectivity index (χ0n) is 9.51. The van der Waals surface area contributed by atoms with Gasteiger partial charge in [0.25, 0.3) is 0 Å². The minimum atomic E-state index is -0.409. The van der Waals surface area contributed by atoms with Crippen LogP contribution in [0.25, 0.3) is 0 Å². The number of ketones is 1. The van der Waals surface area contributed by atoms with Crippen LogP contribution in [0.1, 0.15) is 18.4 Å². The molecule has 1 N–H and O–H groups in total. The summed E-state index contributed by atoms with van der Waals surface area (Å²) in [6.45, 7) is 1.18. The Kier molecular flexibility index (Phi) is 4.13. The van der Waals surface area contributed by atoms with Crippen LogP contribution in [0.15, 0.2) is 18.2 Å². The molecule has 0 atom stereocenters. The van der Waals surface area contributed by atoms with Crippen molar-refractivity contribution in [3.05, 3.63) is 34.6 Å². The standard InChI is InChI=1S/C13H15ClFNO/c14-12-2-1-3-13(15)11(12)6-10(17)8-16-7-9-4-5-9/h1-3,9,16H,4-8H2. The molecular formula is C13H15ClFNO. The molecule has 1 aromatic carbocycles. The van der Waals surface area contributed by atoms with Gasteiger partial charge in [-0.3, -0.25) is 4.79 Å². The van der Waals surface area contributed by atoms with Crippen molar-refractivity contribution in [2.75, 3.05) is 13.1 Å². The lowest BCUT2D eigenvalue weighted by Crippen LogP contribution is -2.26. The van der Waals surface area contributed by atoms with E-state index in [2.05, 4.69) is 5.32 Å². The number of hydrogen-bond acceptors (Lipinski definition) is 2. The van der Waals surface area contributed by atoms with Gasteiger partial charge in [0.2, 0.25) is 0 Å². The monoisotopic (exact) mass is 255 g/mol. The summed E-state index contributed by atoms with van der Waals surface area (Å²) < 4.78 is 13.4. The van der Waals surface area contributed by atoms with Crippen LogP contribution < -0.4 is 5.32 Å². The van der Waals surface area contributed by atoms with Crippen LogP contribution >= 0.6 is 11.6 Å². The van der Waals surface area contributed by atoms with Crippen LogP contribution in [-0.4, -0.2) is 18.9 Å². The molecule has 0 spiro atoms. The van der Waals surface area contributed by atoms with Crippen LogP contribution in [0.5, 0.6) is 0 Å².